The highest BCUT2D eigenvalue weighted by Gasteiger charge is 2.46. The van der Waals surface area contributed by atoms with Gasteiger partial charge in [-0.25, -0.2) is 0 Å². The highest BCUT2D eigenvalue weighted by atomic mass is 16.5. The SMILES string of the molecule is COC(=O)CC1(O)CC(=O)NC1=O. The fourth-order valence-corrected chi connectivity index (χ4v) is 1.09. The van der Waals surface area contributed by atoms with Crippen molar-refractivity contribution in [1.82, 2.24) is 5.32 Å². The van der Waals surface area contributed by atoms with Gasteiger partial charge in [-0.15, -0.1) is 0 Å². The summed E-state index contributed by atoms with van der Waals surface area (Å²) in [5, 5.41) is 11.4. The van der Waals surface area contributed by atoms with Crippen LogP contribution < -0.4 is 5.32 Å². The molecule has 1 saturated heterocycles. The zero-order chi connectivity index (χ0) is 10.1. The molecule has 0 aliphatic carbocycles. The van der Waals surface area contributed by atoms with Gasteiger partial charge in [0.25, 0.3) is 5.91 Å². The minimum Gasteiger partial charge on any atom is -0.469 e. The van der Waals surface area contributed by atoms with Crippen LogP contribution in [0.4, 0.5) is 0 Å². The average Bonchev–Trinajstić information content (AvgIpc) is 2.25. The van der Waals surface area contributed by atoms with Gasteiger partial charge >= 0.3 is 5.97 Å². The molecule has 0 radical (unpaired) electrons. The van der Waals surface area contributed by atoms with Crippen LogP contribution >= 0.6 is 0 Å². The van der Waals surface area contributed by atoms with Crippen LogP contribution in [0.1, 0.15) is 12.8 Å². The Labute approximate surface area is 73.9 Å². The molecule has 1 unspecified atom stereocenters. The standard InChI is InChI=1S/C7H9NO5/c1-13-5(10)3-7(12)2-4(9)8-6(7)11/h12H,2-3H2,1H3,(H,8,9,11). The first-order valence-corrected chi connectivity index (χ1v) is 3.61. The quantitative estimate of drug-likeness (QED) is 0.398. The van der Waals surface area contributed by atoms with Gasteiger partial charge in [0.1, 0.15) is 0 Å². The predicted octanol–water partition coefficient (Wildman–Crippen LogP) is -1.67. The number of hydrogen-bond donors (Lipinski definition) is 2. The van der Waals surface area contributed by atoms with E-state index >= 15 is 0 Å². The fourth-order valence-electron chi connectivity index (χ4n) is 1.09. The van der Waals surface area contributed by atoms with Gasteiger partial charge in [-0.2, -0.15) is 0 Å². The van der Waals surface area contributed by atoms with Crippen molar-refractivity contribution < 1.29 is 24.2 Å². The Kier molecular flexibility index (Phi) is 2.33. The molecule has 0 saturated carbocycles. The van der Waals surface area contributed by atoms with Gasteiger partial charge in [0.15, 0.2) is 5.60 Å². The molecule has 2 N–H and O–H groups in total. The van der Waals surface area contributed by atoms with Crippen molar-refractivity contribution >= 4 is 17.8 Å². The zero-order valence-electron chi connectivity index (χ0n) is 6.99. The second-order valence-electron chi connectivity index (χ2n) is 2.84. The molecular weight excluding hydrogens is 178 g/mol. The molecule has 0 aromatic heterocycles. The summed E-state index contributed by atoms with van der Waals surface area (Å²) in [7, 11) is 1.14. The van der Waals surface area contributed by atoms with E-state index in [1.807, 2.05) is 5.32 Å². The van der Waals surface area contributed by atoms with E-state index in [2.05, 4.69) is 4.74 Å². The molecule has 1 rings (SSSR count). The zero-order valence-corrected chi connectivity index (χ0v) is 6.99. The van der Waals surface area contributed by atoms with Crippen molar-refractivity contribution in [3.8, 4) is 0 Å². The summed E-state index contributed by atoms with van der Waals surface area (Å²) in [4.78, 5) is 32.4. The maximum atomic E-state index is 11.0. The minimum absolute atomic E-state index is 0.388. The van der Waals surface area contributed by atoms with E-state index in [9.17, 15) is 19.5 Å². The lowest BCUT2D eigenvalue weighted by Gasteiger charge is -2.15. The molecular formula is C7H9NO5. The van der Waals surface area contributed by atoms with Crippen LogP contribution in [-0.4, -0.2) is 35.6 Å². The Morgan fingerprint density at radius 2 is 2.31 bits per heavy atom. The van der Waals surface area contributed by atoms with E-state index < -0.39 is 29.8 Å². The molecule has 1 heterocycles. The first kappa shape index (κ1) is 9.66. The topological polar surface area (TPSA) is 92.7 Å². The second kappa shape index (κ2) is 3.14. The number of aliphatic hydroxyl groups is 1. The Hall–Kier alpha value is -1.43. The number of hydrogen-bond acceptors (Lipinski definition) is 5. The molecule has 2 amide bonds. The molecule has 0 spiro atoms. The van der Waals surface area contributed by atoms with Crippen molar-refractivity contribution in [2.24, 2.45) is 0 Å². The molecule has 13 heavy (non-hydrogen) atoms. The van der Waals surface area contributed by atoms with Crippen molar-refractivity contribution in [2.45, 2.75) is 18.4 Å². The number of carbonyl (C=O) groups excluding carboxylic acids is 3. The van der Waals surface area contributed by atoms with Crippen LogP contribution in [0.3, 0.4) is 0 Å². The van der Waals surface area contributed by atoms with Crippen LogP contribution in [0.15, 0.2) is 0 Å². The number of methoxy groups -OCH3 is 1. The second-order valence-corrected chi connectivity index (χ2v) is 2.84. The van der Waals surface area contributed by atoms with Gasteiger partial charge in [-0.1, -0.05) is 0 Å². The Bertz CT molecular complexity index is 274. The lowest BCUT2D eigenvalue weighted by molar-refractivity contribution is -0.152. The molecule has 1 atom stereocenters. The van der Waals surface area contributed by atoms with Gasteiger partial charge < -0.3 is 9.84 Å². The van der Waals surface area contributed by atoms with Gasteiger partial charge in [-0.3, -0.25) is 19.7 Å². The number of ether oxygens (including phenoxy) is 1. The number of nitrogens with one attached hydrogen (secondary N) is 1. The summed E-state index contributed by atoms with van der Waals surface area (Å²) in [6.45, 7) is 0. The van der Waals surface area contributed by atoms with Gasteiger partial charge in [0.2, 0.25) is 5.91 Å². The Morgan fingerprint density at radius 3 is 2.69 bits per heavy atom. The summed E-state index contributed by atoms with van der Waals surface area (Å²) in [6, 6.07) is 0. The van der Waals surface area contributed by atoms with Crippen molar-refractivity contribution in [2.75, 3.05) is 7.11 Å². The lowest BCUT2D eigenvalue weighted by atomic mass is 9.98. The number of esters is 1. The maximum absolute atomic E-state index is 11.0. The monoisotopic (exact) mass is 187 g/mol. The molecule has 0 bridgehead atoms. The van der Waals surface area contributed by atoms with E-state index in [0.717, 1.165) is 7.11 Å². The molecule has 0 aromatic rings. The van der Waals surface area contributed by atoms with Gasteiger partial charge in [0, 0.05) is 0 Å². The van der Waals surface area contributed by atoms with E-state index in [-0.39, 0.29) is 6.42 Å². The van der Waals surface area contributed by atoms with Crippen LogP contribution in [0.5, 0.6) is 0 Å². The summed E-state index contributed by atoms with van der Waals surface area (Å²) in [6.07, 6.45) is -0.887. The molecule has 6 heteroatoms. The van der Waals surface area contributed by atoms with Gasteiger partial charge in [0.05, 0.1) is 20.0 Å². The normalized spacial score (nSPS) is 27.2. The van der Waals surface area contributed by atoms with Crippen molar-refractivity contribution in [1.29, 1.82) is 0 Å². The van der Waals surface area contributed by atoms with Crippen LogP contribution in [0, 0.1) is 0 Å². The van der Waals surface area contributed by atoms with E-state index in [0.29, 0.717) is 0 Å². The smallest absolute Gasteiger partial charge is 0.309 e. The van der Waals surface area contributed by atoms with E-state index in [1.54, 1.807) is 0 Å². The highest BCUT2D eigenvalue weighted by molar-refractivity contribution is 6.08. The third-order valence-electron chi connectivity index (χ3n) is 1.79. The number of carbonyl (C=O) groups is 3. The Balaban J connectivity index is 2.71. The number of amides is 2. The third-order valence-corrected chi connectivity index (χ3v) is 1.79. The van der Waals surface area contributed by atoms with Crippen LogP contribution in [-0.2, 0) is 19.1 Å². The number of rotatable bonds is 2. The molecule has 1 aliphatic heterocycles. The fraction of sp³-hybridized carbons (Fsp3) is 0.571. The van der Waals surface area contributed by atoms with E-state index in [4.69, 9.17) is 0 Å². The van der Waals surface area contributed by atoms with E-state index in [1.165, 1.54) is 0 Å². The largest absolute Gasteiger partial charge is 0.469 e. The summed E-state index contributed by atoms with van der Waals surface area (Å²) in [5.41, 5.74) is -1.93. The van der Waals surface area contributed by atoms with Crippen LogP contribution in [0.2, 0.25) is 0 Å². The number of imide groups is 1. The highest BCUT2D eigenvalue weighted by Crippen LogP contribution is 2.21. The summed E-state index contributed by atoms with van der Waals surface area (Å²) in [5.74, 6) is -2.16. The first-order valence-electron chi connectivity index (χ1n) is 3.61. The molecule has 1 aliphatic rings. The molecule has 0 aromatic carbocycles. The molecule has 1 fully saturated rings. The van der Waals surface area contributed by atoms with Crippen molar-refractivity contribution in [3.05, 3.63) is 0 Å². The van der Waals surface area contributed by atoms with Gasteiger partial charge in [-0.05, 0) is 0 Å². The average molecular weight is 187 g/mol. The first-order chi connectivity index (χ1) is 5.98. The molecule has 6 nitrogen and oxygen atoms in total. The van der Waals surface area contributed by atoms with Crippen molar-refractivity contribution in [3.63, 3.8) is 0 Å². The van der Waals surface area contributed by atoms with Crippen LogP contribution in [0.25, 0.3) is 0 Å². The summed E-state index contributed by atoms with van der Waals surface area (Å²) < 4.78 is 4.27. The molecule has 72 valence electrons. The maximum Gasteiger partial charge on any atom is 0.309 e. The lowest BCUT2D eigenvalue weighted by Crippen LogP contribution is -2.40. The predicted molar refractivity (Wildman–Crippen MR) is 39.3 cm³/mol. The Morgan fingerprint density at radius 1 is 1.69 bits per heavy atom. The third kappa shape index (κ3) is 1.83. The minimum atomic E-state index is -1.93. The summed E-state index contributed by atoms with van der Waals surface area (Å²) >= 11 is 0.